The third-order valence-electron chi connectivity index (χ3n) is 8.21. The molecule has 2 aliphatic heterocycles. The zero-order chi connectivity index (χ0) is 29.9. The first-order chi connectivity index (χ1) is 20.5. The number of hydrogen-bond donors (Lipinski definition) is 1. The number of amides is 1. The molecule has 0 unspecified atom stereocenters. The van der Waals surface area contributed by atoms with Gasteiger partial charge in [-0.1, -0.05) is 37.5 Å². The zero-order valence-electron chi connectivity index (χ0n) is 25.3. The van der Waals surface area contributed by atoms with E-state index in [1.165, 1.54) is 6.42 Å². The molecule has 42 heavy (non-hydrogen) atoms. The van der Waals surface area contributed by atoms with Gasteiger partial charge in [0.15, 0.2) is 5.76 Å². The maximum Gasteiger partial charge on any atom is 0.288 e. The minimum atomic E-state index is -0.711. The Hall–Kier alpha value is -2.92. The monoisotopic (exact) mass is 585 g/mol. The summed E-state index contributed by atoms with van der Waals surface area (Å²) in [6.45, 7) is 7.06. The second kappa shape index (κ2) is 16.1. The molecule has 1 N–H and O–H groups in total. The smallest absolute Gasteiger partial charge is 0.288 e. The predicted octanol–water partition coefficient (Wildman–Crippen LogP) is 3.67. The summed E-state index contributed by atoms with van der Waals surface area (Å²) in [7, 11) is 1.88. The van der Waals surface area contributed by atoms with Crippen molar-refractivity contribution in [2.24, 2.45) is 13.0 Å². The van der Waals surface area contributed by atoms with E-state index < -0.39 is 12.2 Å². The van der Waals surface area contributed by atoms with E-state index in [-0.39, 0.29) is 36.4 Å². The fraction of sp³-hybridized carbons (Fsp3) is 0.625. The maximum absolute atomic E-state index is 14.1. The van der Waals surface area contributed by atoms with Crippen LogP contribution in [0.25, 0.3) is 5.69 Å². The molecule has 0 aliphatic carbocycles. The van der Waals surface area contributed by atoms with Crippen LogP contribution in [0.3, 0.4) is 0 Å². The van der Waals surface area contributed by atoms with Gasteiger partial charge in [-0.25, -0.2) is 4.68 Å². The van der Waals surface area contributed by atoms with E-state index in [1.54, 1.807) is 4.68 Å². The van der Waals surface area contributed by atoms with Crippen LogP contribution in [0.2, 0.25) is 0 Å². The number of rotatable bonds is 13. The summed E-state index contributed by atoms with van der Waals surface area (Å²) in [5.41, 5.74) is 2.10. The number of aromatic nitrogens is 2. The number of carbonyl (C=O) groups is 1. The highest BCUT2D eigenvalue weighted by atomic mass is 16.7. The van der Waals surface area contributed by atoms with Gasteiger partial charge in [-0.2, -0.15) is 0 Å². The van der Waals surface area contributed by atoms with Crippen molar-refractivity contribution >= 4 is 5.91 Å². The third kappa shape index (κ3) is 7.72. The lowest BCUT2D eigenvalue weighted by atomic mass is 9.81. The molecule has 232 valence electrons. The van der Waals surface area contributed by atoms with Crippen molar-refractivity contribution < 1.29 is 28.8 Å². The van der Waals surface area contributed by atoms with E-state index >= 15 is 0 Å². The molecular formula is C32H47N3O7. The Bertz CT molecular complexity index is 1210. The van der Waals surface area contributed by atoms with Crippen molar-refractivity contribution in [2.75, 3.05) is 52.7 Å². The Morgan fingerprint density at radius 1 is 1.00 bits per heavy atom. The van der Waals surface area contributed by atoms with Gasteiger partial charge in [0, 0.05) is 56.4 Å². The van der Waals surface area contributed by atoms with Gasteiger partial charge < -0.3 is 29.0 Å². The van der Waals surface area contributed by atoms with E-state index in [9.17, 15) is 9.59 Å². The van der Waals surface area contributed by atoms with E-state index in [1.807, 2.05) is 66.9 Å². The number of nitrogens with zero attached hydrogens (tertiary/aromatic N) is 3. The molecule has 2 aliphatic rings. The average molecular weight is 586 g/mol. The Balaban J connectivity index is 1.70. The van der Waals surface area contributed by atoms with Gasteiger partial charge in [-0.3, -0.25) is 14.3 Å². The number of ether oxygens (including phenoxy) is 4. The number of likely N-dealkylation sites (tertiary alicyclic amines) is 1. The highest BCUT2D eigenvalue weighted by molar-refractivity contribution is 5.91. The quantitative estimate of drug-likeness (QED) is 0.358. The summed E-state index contributed by atoms with van der Waals surface area (Å²) < 4.78 is 27.1. The Kier molecular flexibility index (Phi) is 12.2. The summed E-state index contributed by atoms with van der Waals surface area (Å²) in [4.78, 5) is 29.8. The summed E-state index contributed by atoms with van der Waals surface area (Å²) in [6, 6.07) is 9.57. The molecule has 0 saturated carbocycles. The normalized spacial score (nSPS) is 21.4. The average Bonchev–Trinajstić information content (AvgIpc) is 3.20. The molecule has 10 nitrogen and oxygen atoms in total. The van der Waals surface area contributed by atoms with Gasteiger partial charge in [0.1, 0.15) is 0 Å². The molecule has 3 atom stereocenters. The van der Waals surface area contributed by atoms with E-state index in [2.05, 4.69) is 0 Å². The highest BCUT2D eigenvalue weighted by Crippen LogP contribution is 2.39. The lowest BCUT2D eigenvalue weighted by Gasteiger charge is -2.37. The summed E-state index contributed by atoms with van der Waals surface area (Å²) in [5.74, 6) is -0.561. The fourth-order valence-electron chi connectivity index (χ4n) is 5.95. The maximum atomic E-state index is 14.1. The predicted molar refractivity (Wildman–Crippen MR) is 160 cm³/mol. The van der Waals surface area contributed by atoms with Crippen molar-refractivity contribution in [1.82, 2.24) is 14.3 Å². The van der Waals surface area contributed by atoms with Crippen LogP contribution in [-0.2, 0) is 30.8 Å². The van der Waals surface area contributed by atoms with Crippen LogP contribution in [0.1, 0.15) is 62.6 Å². The molecule has 1 saturated heterocycles. The summed E-state index contributed by atoms with van der Waals surface area (Å²) >= 11 is 0. The number of benzene rings is 1. The van der Waals surface area contributed by atoms with Crippen LogP contribution >= 0.6 is 0 Å². The number of allylic oxidation sites excluding steroid dienone is 1. The van der Waals surface area contributed by atoms with Gasteiger partial charge >= 0.3 is 0 Å². The molecule has 4 rings (SSSR count). The minimum absolute atomic E-state index is 0.0289. The molecule has 0 bridgehead atoms. The molecule has 2 aromatic rings. The lowest BCUT2D eigenvalue weighted by Crippen LogP contribution is -2.42. The SMILES string of the molecule is CCO[C@H]1OC(C(=O)N2CCCCCCC2)=C[C@@H](c2c(C)n(C)n(-c3ccccc3)c2=O)[C@@H]1CCOCCOCCO. The zero-order valence-corrected chi connectivity index (χ0v) is 25.3. The molecule has 3 heterocycles. The Morgan fingerprint density at radius 3 is 2.33 bits per heavy atom. The van der Waals surface area contributed by atoms with Crippen molar-refractivity contribution in [3.05, 3.63) is 63.8 Å². The molecule has 0 spiro atoms. The van der Waals surface area contributed by atoms with Crippen molar-refractivity contribution in [1.29, 1.82) is 0 Å². The first-order valence-corrected chi connectivity index (χ1v) is 15.4. The van der Waals surface area contributed by atoms with Crippen LogP contribution in [-0.4, -0.2) is 84.3 Å². The van der Waals surface area contributed by atoms with Crippen LogP contribution in [0, 0.1) is 12.8 Å². The molecule has 1 fully saturated rings. The number of carbonyl (C=O) groups excluding carboxylic acids is 1. The van der Waals surface area contributed by atoms with Gasteiger partial charge in [-0.05, 0) is 51.3 Å². The first kappa shape index (κ1) is 32.0. The Morgan fingerprint density at radius 2 is 1.67 bits per heavy atom. The standard InChI is InChI=1S/C32H47N3O7/c1-4-41-32-26(15-19-39-21-22-40-20-18-36)27(23-28(42-32)30(37)34-16-11-6-5-7-12-17-34)29-24(2)33(3)35(31(29)38)25-13-9-8-10-14-25/h8-10,13-14,23,26-27,32,36H,4-7,11-12,15-22H2,1-3H3/t26-,27+,32-/m0/s1. The van der Waals surface area contributed by atoms with Crippen LogP contribution < -0.4 is 5.56 Å². The van der Waals surface area contributed by atoms with Gasteiger partial charge in [0.05, 0.1) is 32.1 Å². The third-order valence-corrected chi connectivity index (χ3v) is 8.21. The van der Waals surface area contributed by atoms with Crippen LogP contribution in [0.5, 0.6) is 0 Å². The number of hydrogen-bond acceptors (Lipinski definition) is 7. The largest absolute Gasteiger partial charge is 0.459 e. The van der Waals surface area contributed by atoms with Crippen molar-refractivity contribution in [3.63, 3.8) is 0 Å². The van der Waals surface area contributed by atoms with Crippen LogP contribution in [0.15, 0.2) is 47.0 Å². The number of para-hydroxylation sites is 1. The number of aliphatic hydroxyl groups is 1. The molecular weight excluding hydrogens is 538 g/mol. The van der Waals surface area contributed by atoms with Gasteiger partial charge in [0.25, 0.3) is 11.5 Å². The molecule has 10 heteroatoms. The fourth-order valence-corrected chi connectivity index (χ4v) is 5.95. The Labute approximate surface area is 248 Å². The topological polar surface area (TPSA) is 104 Å². The second-order valence-electron chi connectivity index (χ2n) is 10.9. The van der Waals surface area contributed by atoms with Crippen molar-refractivity contribution in [2.45, 2.75) is 64.6 Å². The molecule has 1 aromatic heterocycles. The molecule has 1 aromatic carbocycles. The highest BCUT2D eigenvalue weighted by Gasteiger charge is 2.41. The van der Waals surface area contributed by atoms with Gasteiger partial charge in [0.2, 0.25) is 6.29 Å². The number of aliphatic hydroxyl groups excluding tert-OH is 1. The van der Waals surface area contributed by atoms with E-state index in [4.69, 9.17) is 24.1 Å². The van der Waals surface area contributed by atoms with Crippen LogP contribution in [0.4, 0.5) is 0 Å². The second-order valence-corrected chi connectivity index (χ2v) is 10.9. The minimum Gasteiger partial charge on any atom is -0.459 e. The summed E-state index contributed by atoms with van der Waals surface area (Å²) in [6.07, 6.45) is 7.07. The molecule has 0 radical (unpaired) electrons. The summed E-state index contributed by atoms with van der Waals surface area (Å²) in [5, 5.41) is 8.91. The molecule has 1 amide bonds. The van der Waals surface area contributed by atoms with Crippen molar-refractivity contribution in [3.8, 4) is 5.69 Å². The lowest BCUT2D eigenvalue weighted by molar-refractivity contribution is -0.172. The first-order valence-electron chi connectivity index (χ1n) is 15.4. The van der Waals surface area contributed by atoms with Gasteiger partial charge in [-0.15, -0.1) is 0 Å². The van der Waals surface area contributed by atoms with E-state index in [0.717, 1.165) is 37.1 Å². The van der Waals surface area contributed by atoms with E-state index in [0.29, 0.717) is 51.5 Å².